The van der Waals surface area contributed by atoms with E-state index in [0.29, 0.717) is 18.0 Å². The molecule has 0 radical (unpaired) electrons. The molecule has 0 atom stereocenters. The van der Waals surface area contributed by atoms with Gasteiger partial charge in [0.2, 0.25) is 0 Å². The third-order valence-electron chi connectivity index (χ3n) is 3.75. The lowest BCUT2D eigenvalue weighted by Gasteiger charge is -2.13. The highest BCUT2D eigenvalue weighted by Crippen LogP contribution is 2.15. The van der Waals surface area contributed by atoms with Crippen LogP contribution < -0.4 is 10.2 Å². The summed E-state index contributed by atoms with van der Waals surface area (Å²) in [5.41, 5.74) is 4.20. The Morgan fingerprint density at radius 3 is 2.09 bits per heavy atom. The quantitative estimate of drug-likeness (QED) is 0.910. The molecule has 0 fully saturated rings. The molecule has 3 heteroatoms. The highest BCUT2D eigenvalue weighted by atomic mass is 16.1. The van der Waals surface area contributed by atoms with E-state index in [0.717, 1.165) is 11.3 Å². The Hall–Kier alpha value is -2.29. The molecule has 3 nitrogen and oxygen atoms in total. The van der Waals surface area contributed by atoms with Crippen LogP contribution in [0.5, 0.6) is 0 Å². The molecule has 1 amide bonds. The van der Waals surface area contributed by atoms with Crippen molar-refractivity contribution >= 4 is 11.6 Å². The molecule has 0 unspecified atom stereocenters. The third kappa shape index (κ3) is 4.10. The molecule has 0 bridgehead atoms. The monoisotopic (exact) mass is 296 g/mol. The minimum absolute atomic E-state index is 0.0352. The number of benzene rings is 2. The fourth-order valence-corrected chi connectivity index (χ4v) is 2.22. The molecule has 0 spiro atoms. The Labute approximate surface area is 133 Å². The SMILES string of the molecule is CC(C)c1ccc(C(=O)NCc2ccc(N(C)C)cc2)cc1. The Bertz CT molecular complexity index is 613. The molecule has 0 aliphatic carbocycles. The van der Waals surface area contributed by atoms with Gasteiger partial charge in [0.25, 0.3) is 5.91 Å². The van der Waals surface area contributed by atoms with Crippen molar-refractivity contribution in [2.45, 2.75) is 26.3 Å². The number of amides is 1. The zero-order chi connectivity index (χ0) is 16.1. The van der Waals surface area contributed by atoms with Gasteiger partial charge in [-0.2, -0.15) is 0 Å². The van der Waals surface area contributed by atoms with Gasteiger partial charge in [-0.05, 0) is 41.3 Å². The van der Waals surface area contributed by atoms with E-state index in [1.54, 1.807) is 0 Å². The largest absolute Gasteiger partial charge is 0.378 e. The van der Waals surface area contributed by atoms with Crippen LogP contribution in [0.1, 0.15) is 41.3 Å². The van der Waals surface area contributed by atoms with Gasteiger partial charge in [0, 0.05) is 31.9 Å². The van der Waals surface area contributed by atoms with E-state index in [-0.39, 0.29) is 5.91 Å². The van der Waals surface area contributed by atoms with Gasteiger partial charge in [0.1, 0.15) is 0 Å². The van der Waals surface area contributed by atoms with Crippen molar-refractivity contribution in [3.05, 3.63) is 65.2 Å². The van der Waals surface area contributed by atoms with Crippen molar-refractivity contribution in [2.24, 2.45) is 0 Å². The summed E-state index contributed by atoms with van der Waals surface area (Å²) >= 11 is 0. The number of hydrogen-bond acceptors (Lipinski definition) is 2. The minimum Gasteiger partial charge on any atom is -0.378 e. The Morgan fingerprint density at radius 2 is 1.59 bits per heavy atom. The maximum absolute atomic E-state index is 12.2. The van der Waals surface area contributed by atoms with Crippen LogP contribution in [0.3, 0.4) is 0 Å². The standard InChI is InChI=1S/C19H24N2O/c1-14(2)16-7-9-17(10-8-16)19(22)20-13-15-5-11-18(12-6-15)21(3)4/h5-12,14H,13H2,1-4H3,(H,20,22). The van der Waals surface area contributed by atoms with Crippen molar-refractivity contribution in [3.63, 3.8) is 0 Å². The van der Waals surface area contributed by atoms with Crippen LogP contribution in [0, 0.1) is 0 Å². The van der Waals surface area contributed by atoms with Crippen molar-refractivity contribution in [1.82, 2.24) is 5.32 Å². The predicted molar refractivity (Wildman–Crippen MR) is 92.5 cm³/mol. The Morgan fingerprint density at radius 1 is 1.00 bits per heavy atom. The maximum atomic E-state index is 12.2. The highest BCUT2D eigenvalue weighted by Gasteiger charge is 2.06. The van der Waals surface area contributed by atoms with E-state index in [1.807, 2.05) is 50.5 Å². The first kappa shape index (κ1) is 16.1. The smallest absolute Gasteiger partial charge is 0.251 e. The molecular weight excluding hydrogens is 272 g/mol. The zero-order valence-electron chi connectivity index (χ0n) is 13.8. The van der Waals surface area contributed by atoms with Crippen molar-refractivity contribution in [3.8, 4) is 0 Å². The van der Waals surface area contributed by atoms with Gasteiger partial charge >= 0.3 is 0 Å². The fourth-order valence-electron chi connectivity index (χ4n) is 2.22. The van der Waals surface area contributed by atoms with Crippen molar-refractivity contribution in [2.75, 3.05) is 19.0 Å². The molecule has 2 aromatic carbocycles. The Kier molecular flexibility index (Phi) is 5.21. The van der Waals surface area contributed by atoms with Crippen LogP contribution in [-0.4, -0.2) is 20.0 Å². The zero-order valence-corrected chi connectivity index (χ0v) is 13.8. The van der Waals surface area contributed by atoms with Crippen LogP contribution in [0.2, 0.25) is 0 Å². The minimum atomic E-state index is -0.0352. The van der Waals surface area contributed by atoms with Gasteiger partial charge in [0.05, 0.1) is 0 Å². The van der Waals surface area contributed by atoms with E-state index < -0.39 is 0 Å². The second-order valence-electron chi connectivity index (χ2n) is 6.02. The van der Waals surface area contributed by atoms with E-state index in [2.05, 4.69) is 36.2 Å². The lowest BCUT2D eigenvalue weighted by atomic mass is 10.0. The van der Waals surface area contributed by atoms with Gasteiger partial charge < -0.3 is 10.2 Å². The molecule has 1 N–H and O–H groups in total. The number of rotatable bonds is 5. The molecule has 0 heterocycles. The third-order valence-corrected chi connectivity index (χ3v) is 3.75. The summed E-state index contributed by atoms with van der Waals surface area (Å²) in [7, 11) is 4.02. The van der Waals surface area contributed by atoms with Crippen LogP contribution in [0.15, 0.2) is 48.5 Å². The molecule has 0 aromatic heterocycles. The summed E-state index contributed by atoms with van der Waals surface area (Å²) < 4.78 is 0. The Balaban J connectivity index is 1.94. The van der Waals surface area contributed by atoms with Crippen LogP contribution >= 0.6 is 0 Å². The molecule has 2 aromatic rings. The molecule has 2 rings (SSSR count). The number of nitrogens with zero attached hydrogens (tertiary/aromatic N) is 1. The van der Waals surface area contributed by atoms with Gasteiger partial charge in [0.15, 0.2) is 0 Å². The van der Waals surface area contributed by atoms with Crippen molar-refractivity contribution < 1.29 is 4.79 Å². The van der Waals surface area contributed by atoms with E-state index in [4.69, 9.17) is 0 Å². The van der Waals surface area contributed by atoms with E-state index in [9.17, 15) is 4.79 Å². The first-order chi connectivity index (χ1) is 10.5. The average molecular weight is 296 g/mol. The molecular formula is C19H24N2O. The van der Waals surface area contributed by atoms with Crippen LogP contribution in [-0.2, 0) is 6.54 Å². The second-order valence-corrected chi connectivity index (χ2v) is 6.02. The molecule has 0 aliphatic rings. The maximum Gasteiger partial charge on any atom is 0.251 e. The van der Waals surface area contributed by atoms with Crippen molar-refractivity contribution in [1.29, 1.82) is 0 Å². The number of carbonyl (C=O) groups is 1. The van der Waals surface area contributed by atoms with Crippen LogP contribution in [0.25, 0.3) is 0 Å². The lowest BCUT2D eigenvalue weighted by molar-refractivity contribution is 0.0951. The normalized spacial score (nSPS) is 10.6. The first-order valence-electron chi connectivity index (χ1n) is 7.62. The van der Waals surface area contributed by atoms with Gasteiger partial charge in [-0.25, -0.2) is 0 Å². The summed E-state index contributed by atoms with van der Waals surface area (Å²) in [4.78, 5) is 14.2. The molecule has 22 heavy (non-hydrogen) atoms. The number of carbonyl (C=O) groups excluding carboxylic acids is 1. The highest BCUT2D eigenvalue weighted by molar-refractivity contribution is 5.94. The summed E-state index contributed by atoms with van der Waals surface area (Å²) in [5, 5.41) is 2.96. The summed E-state index contributed by atoms with van der Waals surface area (Å²) in [6.07, 6.45) is 0. The number of hydrogen-bond donors (Lipinski definition) is 1. The fraction of sp³-hybridized carbons (Fsp3) is 0.316. The van der Waals surface area contributed by atoms with E-state index >= 15 is 0 Å². The lowest BCUT2D eigenvalue weighted by Crippen LogP contribution is -2.22. The summed E-state index contributed by atoms with van der Waals surface area (Å²) in [6, 6.07) is 16.0. The topological polar surface area (TPSA) is 32.3 Å². The summed E-state index contributed by atoms with van der Waals surface area (Å²) in [5.74, 6) is 0.444. The summed E-state index contributed by atoms with van der Waals surface area (Å²) in [6.45, 7) is 4.83. The first-order valence-corrected chi connectivity index (χ1v) is 7.62. The number of anilines is 1. The van der Waals surface area contributed by atoms with Crippen LogP contribution in [0.4, 0.5) is 5.69 Å². The molecule has 0 aliphatic heterocycles. The van der Waals surface area contributed by atoms with Gasteiger partial charge in [-0.15, -0.1) is 0 Å². The predicted octanol–water partition coefficient (Wildman–Crippen LogP) is 3.81. The van der Waals surface area contributed by atoms with Gasteiger partial charge in [-0.1, -0.05) is 38.1 Å². The molecule has 116 valence electrons. The van der Waals surface area contributed by atoms with E-state index in [1.165, 1.54) is 5.56 Å². The second kappa shape index (κ2) is 7.12. The molecule has 0 saturated carbocycles. The van der Waals surface area contributed by atoms with Gasteiger partial charge in [-0.3, -0.25) is 4.79 Å². The number of nitrogens with one attached hydrogen (secondary N) is 1. The average Bonchev–Trinajstić information content (AvgIpc) is 2.53. The molecule has 0 saturated heterocycles.